The summed E-state index contributed by atoms with van der Waals surface area (Å²) in [4.78, 5) is 35.4. The third-order valence-corrected chi connectivity index (χ3v) is 2.73. The molecular formula is C12H23N3O4. The number of carbonyl (C=O) groups is 3. The van der Waals surface area contributed by atoms with Gasteiger partial charge in [-0.3, -0.25) is 4.79 Å². The fourth-order valence-electron chi connectivity index (χ4n) is 1.52. The van der Waals surface area contributed by atoms with Gasteiger partial charge in [-0.25, -0.2) is 9.59 Å². The largest absolute Gasteiger partial charge is 0.480 e. The molecule has 0 aliphatic heterocycles. The van der Waals surface area contributed by atoms with Crippen LogP contribution in [0.5, 0.6) is 0 Å². The van der Waals surface area contributed by atoms with E-state index in [0.29, 0.717) is 12.8 Å². The van der Waals surface area contributed by atoms with Gasteiger partial charge >= 0.3 is 12.0 Å². The summed E-state index contributed by atoms with van der Waals surface area (Å²) in [6.45, 7) is 3.48. The predicted octanol–water partition coefficient (Wildman–Crippen LogP) is 0.407. The highest BCUT2D eigenvalue weighted by Crippen LogP contribution is 2.12. The summed E-state index contributed by atoms with van der Waals surface area (Å²) in [5.74, 6) is -1.18. The van der Waals surface area contributed by atoms with Gasteiger partial charge in [-0.05, 0) is 13.3 Å². The van der Waals surface area contributed by atoms with E-state index in [4.69, 9.17) is 5.11 Å². The van der Waals surface area contributed by atoms with E-state index in [2.05, 4.69) is 10.6 Å². The van der Waals surface area contributed by atoms with Gasteiger partial charge in [0.15, 0.2) is 0 Å². The summed E-state index contributed by atoms with van der Waals surface area (Å²) >= 11 is 0. The SMILES string of the molecule is CCCC(C)(NC(=O)NCCC(=O)N(C)C)C(=O)O. The Kier molecular flexibility index (Phi) is 6.89. The number of nitrogens with one attached hydrogen (secondary N) is 2. The van der Waals surface area contributed by atoms with E-state index in [0.717, 1.165) is 0 Å². The fourth-order valence-corrected chi connectivity index (χ4v) is 1.52. The molecule has 0 aromatic rings. The lowest BCUT2D eigenvalue weighted by Crippen LogP contribution is -2.55. The molecule has 0 spiro atoms. The lowest BCUT2D eigenvalue weighted by Gasteiger charge is -2.25. The Morgan fingerprint density at radius 3 is 2.26 bits per heavy atom. The Balaban J connectivity index is 4.22. The van der Waals surface area contributed by atoms with Crippen molar-refractivity contribution in [3.63, 3.8) is 0 Å². The Morgan fingerprint density at radius 1 is 1.26 bits per heavy atom. The molecule has 3 amide bonds. The molecule has 0 radical (unpaired) electrons. The number of carboxylic acid groups (broad SMARTS) is 1. The summed E-state index contributed by atoms with van der Waals surface area (Å²) in [5.41, 5.74) is -1.29. The van der Waals surface area contributed by atoms with Crippen molar-refractivity contribution in [2.75, 3.05) is 20.6 Å². The van der Waals surface area contributed by atoms with E-state index < -0.39 is 17.5 Å². The summed E-state index contributed by atoms with van der Waals surface area (Å²) in [6, 6.07) is -0.579. The van der Waals surface area contributed by atoms with Crippen LogP contribution >= 0.6 is 0 Å². The van der Waals surface area contributed by atoms with Gasteiger partial charge in [0.25, 0.3) is 0 Å². The Labute approximate surface area is 113 Å². The Bertz CT molecular complexity index is 344. The molecule has 0 bridgehead atoms. The van der Waals surface area contributed by atoms with Gasteiger partial charge in [-0.2, -0.15) is 0 Å². The van der Waals surface area contributed by atoms with Crippen LogP contribution in [0.3, 0.4) is 0 Å². The average Bonchev–Trinajstić information content (AvgIpc) is 2.28. The second kappa shape index (κ2) is 7.60. The summed E-state index contributed by atoms with van der Waals surface area (Å²) in [7, 11) is 3.26. The third kappa shape index (κ3) is 6.08. The fraction of sp³-hybridized carbons (Fsp3) is 0.750. The van der Waals surface area contributed by atoms with E-state index in [9.17, 15) is 14.4 Å². The molecule has 0 aromatic carbocycles. The van der Waals surface area contributed by atoms with Gasteiger partial charge in [0.05, 0.1) is 0 Å². The Morgan fingerprint density at radius 2 is 1.84 bits per heavy atom. The van der Waals surface area contributed by atoms with Crippen LogP contribution in [-0.4, -0.2) is 54.1 Å². The zero-order valence-corrected chi connectivity index (χ0v) is 11.9. The van der Waals surface area contributed by atoms with Crippen molar-refractivity contribution in [3.05, 3.63) is 0 Å². The quantitative estimate of drug-likeness (QED) is 0.625. The van der Waals surface area contributed by atoms with Gasteiger partial charge in [-0.15, -0.1) is 0 Å². The first-order valence-corrected chi connectivity index (χ1v) is 6.22. The van der Waals surface area contributed by atoms with E-state index in [1.54, 1.807) is 14.1 Å². The van der Waals surface area contributed by atoms with Crippen molar-refractivity contribution >= 4 is 17.9 Å². The number of nitrogens with zero attached hydrogens (tertiary/aromatic N) is 1. The van der Waals surface area contributed by atoms with Crippen LogP contribution in [0.25, 0.3) is 0 Å². The number of aliphatic carboxylic acids is 1. The van der Waals surface area contributed by atoms with Crippen molar-refractivity contribution in [1.29, 1.82) is 0 Å². The smallest absolute Gasteiger partial charge is 0.329 e. The highest BCUT2D eigenvalue weighted by atomic mass is 16.4. The van der Waals surface area contributed by atoms with Gasteiger partial charge in [0.2, 0.25) is 5.91 Å². The highest BCUT2D eigenvalue weighted by molar-refractivity contribution is 5.86. The maximum atomic E-state index is 11.6. The maximum Gasteiger partial charge on any atom is 0.329 e. The average molecular weight is 273 g/mol. The van der Waals surface area contributed by atoms with Crippen molar-refractivity contribution in [2.24, 2.45) is 0 Å². The van der Waals surface area contributed by atoms with Gasteiger partial charge < -0.3 is 20.6 Å². The number of carboxylic acids is 1. The number of carbonyl (C=O) groups excluding carboxylic acids is 2. The summed E-state index contributed by atoms with van der Waals surface area (Å²) < 4.78 is 0. The van der Waals surface area contributed by atoms with Crippen molar-refractivity contribution < 1.29 is 19.5 Å². The first-order chi connectivity index (χ1) is 8.73. The molecule has 0 fully saturated rings. The molecule has 3 N–H and O–H groups in total. The minimum Gasteiger partial charge on any atom is -0.480 e. The molecule has 7 nitrogen and oxygen atoms in total. The van der Waals surface area contributed by atoms with Gasteiger partial charge in [0, 0.05) is 27.1 Å². The number of rotatable bonds is 7. The maximum absolute atomic E-state index is 11.6. The minimum absolute atomic E-state index is 0.102. The molecule has 0 aliphatic rings. The standard InChI is InChI=1S/C12H23N3O4/c1-5-7-12(2,10(17)18)14-11(19)13-8-6-9(16)15(3)4/h5-8H2,1-4H3,(H,17,18)(H2,13,14,19). The monoisotopic (exact) mass is 273 g/mol. The molecule has 0 heterocycles. The van der Waals surface area contributed by atoms with Crippen LogP contribution in [0.2, 0.25) is 0 Å². The van der Waals surface area contributed by atoms with Crippen LogP contribution in [0.1, 0.15) is 33.1 Å². The van der Waals surface area contributed by atoms with E-state index in [-0.39, 0.29) is 18.9 Å². The van der Waals surface area contributed by atoms with Crippen molar-refractivity contribution in [2.45, 2.75) is 38.6 Å². The second-order valence-corrected chi connectivity index (χ2v) is 4.81. The van der Waals surface area contributed by atoms with Crippen LogP contribution in [-0.2, 0) is 9.59 Å². The third-order valence-electron chi connectivity index (χ3n) is 2.73. The Hall–Kier alpha value is -1.79. The van der Waals surface area contributed by atoms with Crippen molar-refractivity contribution in [1.82, 2.24) is 15.5 Å². The molecular weight excluding hydrogens is 250 g/mol. The normalized spacial score (nSPS) is 13.3. The van der Waals surface area contributed by atoms with Crippen molar-refractivity contribution in [3.8, 4) is 0 Å². The zero-order chi connectivity index (χ0) is 15.1. The first-order valence-electron chi connectivity index (χ1n) is 6.22. The first kappa shape index (κ1) is 17.2. The van der Waals surface area contributed by atoms with Crippen LogP contribution in [0.4, 0.5) is 4.79 Å². The van der Waals surface area contributed by atoms with E-state index in [1.165, 1.54) is 11.8 Å². The molecule has 0 aliphatic carbocycles. The van der Waals surface area contributed by atoms with Gasteiger partial charge in [0.1, 0.15) is 5.54 Å². The number of hydrogen-bond acceptors (Lipinski definition) is 3. The topological polar surface area (TPSA) is 98.7 Å². The lowest BCUT2D eigenvalue weighted by atomic mass is 9.97. The van der Waals surface area contributed by atoms with Gasteiger partial charge in [-0.1, -0.05) is 13.3 Å². The molecule has 0 saturated heterocycles. The minimum atomic E-state index is -1.29. The molecule has 0 aromatic heterocycles. The number of hydrogen-bond donors (Lipinski definition) is 3. The molecule has 1 atom stereocenters. The van der Waals surface area contributed by atoms with Crippen LogP contribution < -0.4 is 10.6 Å². The second-order valence-electron chi connectivity index (χ2n) is 4.81. The zero-order valence-electron chi connectivity index (χ0n) is 11.9. The summed E-state index contributed by atoms with van der Waals surface area (Å²) in [6.07, 6.45) is 1.16. The highest BCUT2D eigenvalue weighted by Gasteiger charge is 2.33. The summed E-state index contributed by atoms with van der Waals surface area (Å²) in [5, 5.41) is 14.0. The molecule has 1 unspecified atom stereocenters. The molecule has 19 heavy (non-hydrogen) atoms. The predicted molar refractivity (Wildman–Crippen MR) is 70.8 cm³/mol. The number of urea groups is 1. The number of amides is 3. The van der Waals surface area contributed by atoms with Crippen LogP contribution in [0.15, 0.2) is 0 Å². The van der Waals surface area contributed by atoms with Crippen LogP contribution in [0, 0.1) is 0 Å². The van der Waals surface area contributed by atoms with E-state index >= 15 is 0 Å². The lowest BCUT2D eigenvalue weighted by molar-refractivity contribution is -0.144. The molecule has 0 rings (SSSR count). The van der Waals surface area contributed by atoms with E-state index in [1.807, 2.05) is 6.92 Å². The molecule has 7 heteroatoms. The molecule has 0 saturated carbocycles. The molecule has 110 valence electrons.